The molecule has 0 radical (unpaired) electrons. The third-order valence-corrected chi connectivity index (χ3v) is 4.25. The number of carbonyl (C=O) groups excluding carboxylic acids is 2. The summed E-state index contributed by atoms with van der Waals surface area (Å²) in [7, 11) is 0. The fourth-order valence-electron chi connectivity index (χ4n) is 3.05. The Morgan fingerprint density at radius 2 is 1.68 bits per heavy atom. The number of aliphatic hydroxyl groups is 1. The molecule has 0 aromatic heterocycles. The molecule has 2 aromatic rings. The van der Waals surface area contributed by atoms with E-state index in [2.05, 4.69) is 0 Å². The highest BCUT2D eigenvalue weighted by atomic mass is 16.3. The summed E-state index contributed by atoms with van der Waals surface area (Å²) < 4.78 is 0. The van der Waals surface area contributed by atoms with Gasteiger partial charge in [-0.3, -0.25) is 14.5 Å². The Morgan fingerprint density at radius 3 is 2.41 bits per heavy atom. The molecule has 4 nitrogen and oxygen atoms in total. The van der Waals surface area contributed by atoms with E-state index in [0.29, 0.717) is 24.1 Å². The van der Waals surface area contributed by atoms with Gasteiger partial charge in [0.1, 0.15) is 0 Å². The molecule has 22 heavy (non-hydrogen) atoms. The predicted octanol–water partition coefficient (Wildman–Crippen LogP) is 2.91. The molecule has 0 unspecified atom stereocenters. The monoisotopic (exact) mass is 297 g/mol. The van der Waals surface area contributed by atoms with E-state index in [1.54, 1.807) is 6.07 Å². The molecular weight excluding hydrogens is 278 g/mol. The zero-order valence-electron chi connectivity index (χ0n) is 12.6. The molecule has 1 heterocycles. The van der Waals surface area contributed by atoms with E-state index in [1.807, 2.05) is 31.2 Å². The summed E-state index contributed by atoms with van der Waals surface area (Å²) in [4.78, 5) is 26.6. The number of unbranched alkanes of at least 4 members (excludes halogenated alkanes) is 2. The largest absolute Gasteiger partial charge is 0.396 e. The summed E-state index contributed by atoms with van der Waals surface area (Å²) >= 11 is 0. The summed E-state index contributed by atoms with van der Waals surface area (Å²) in [5.41, 5.74) is 2.29. The van der Waals surface area contributed by atoms with E-state index >= 15 is 0 Å². The van der Waals surface area contributed by atoms with E-state index in [4.69, 9.17) is 5.11 Å². The fourth-order valence-corrected chi connectivity index (χ4v) is 3.05. The first kappa shape index (κ1) is 14.7. The average Bonchev–Trinajstić information content (AvgIpc) is 2.53. The second-order valence-corrected chi connectivity index (χ2v) is 5.70. The van der Waals surface area contributed by atoms with Gasteiger partial charge in [0.2, 0.25) is 0 Å². The van der Waals surface area contributed by atoms with Crippen LogP contribution in [0.3, 0.4) is 0 Å². The number of rotatable bonds is 5. The van der Waals surface area contributed by atoms with Crippen LogP contribution in [0.1, 0.15) is 45.5 Å². The van der Waals surface area contributed by atoms with Gasteiger partial charge in [-0.05, 0) is 49.3 Å². The second kappa shape index (κ2) is 5.89. The highest BCUT2D eigenvalue weighted by Crippen LogP contribution is 2.31. The summed E-state index contributed by atoms with van der Waals surface area (Å²) in [5.74, 6) is -0.421. The molecule has 0 saturated heterocycles. The van der Waals surface area contributed by atoms with Crippen molar-refractivity contribution in [2.45, 2.75) is 26.2 Å². The minimum absolute atomic E-state index is 0.142. The summed E-state index contributed by atoms with van der Waals surface area (Å²) in [6, 6.07) is 9.36. The molecule has 114 valence electrons. The van der Waals surface area contributed by atoms with Crippen molar-refractivity contribution < 1.29 is 14.7 Å². The Labute approximate surface area is 129 Å². The Kier molecular flexibility index (Phi) is 3.94. The van der Waals surface area contributed by atoms with Gasteiger partial charge in [0.15, 0.2) is 0 Å². The lowest BCUT2D eigenvalue weighted by atomic mass is 9.91. The number of aryl methyl sites for hydroxylation is 1. The van der Waals surface area contributed by atoms with Crippen LogP contribution in [0, 0.1) is 6.92 Å². The third-order valence-electron chi connectivity index (χ3n) is 4.25. The van der Waals surface area contributed by atoms with Gasteiger partial charge in [0.25, 0.3) is 11.8 Å². The van der Waals surface area contributed by atoms with Crippen molar-refractivity contribution in [2.24, 2.45) is 0 Å². The maximum Gasteiger partial charge on any atom is 0.261 e. The molecule has 0 bridgehead atoms. The van der Waals surface area contributed by atoms with Crippen LogP contribution < -0.4 is 0 Å². The lowest BCUT2D eigenvalue weighted by molar-refractivity contribution is 0.0607. The predicted molar refractivity (Wildman–Crippen MR) is 85.0 cm³/mol. The molecule has 1 N–H and O–H groups in total. The molecule has 2 amide bonds. The molecule has 0 aliphatic carbocycles. The maximum atomic E-state index is 12.6. The zero-order chi connectivity index (χ0) is 15.7. The molecule has 1 aliphatic heterocycles. The molecule has 4 heteroatoms. The van der Waals surface area contributed by atoms with E-state index < -0.39 is 0 Å². The van der Waals surface area contributed by atoms with Crippen molar-refractivity contribution in [2.75, 3.05) is 13.2 Å². The van der Waals surface area contributed by atoms with Gasteiger partial charge in [-0.15, -0.1) is 0 Å². The number of imide groups is 1. The van der Waals surface area contributed by atoms with Crippen molar-refractivity contribution >= 4 is 22.6 Å². The van der Waals surface area contributed by atoms with Crippen LogP contribution in [0.2, 0.25) is 0 Å². The van der Waals surface area contributed by atoms with Gasteiger partial charge in [-0.1, -0.05) is 18.2 Å². The highest BCUT2D eigenvalue weighted by Gasteiger charge is 2.32. The van der Waals surface area contributed by atoms with Crippen LogP contribution in [0.5, 0.6) is 0 Å². The van der Waals surface area contributed by atoms with E-state index in [9.17, 15) is 9.59 Å². The smallest absolute Gasteiger partial charge is 0.261 e. The SMILES string of the molecule is Cc1ccc2c3c(cccc13)C(=O)N(CCCCCO)C2=O. The van der Waals surface area contributed by atoms with Crippen molar-refractivity contribution in [3.05, 3.63) is 47.0 Å². The van der Waals surface area contributed by atoms with Crippen molar-refractivity contribution in [1.29, 1.82) is 0 Å². The Hall–Kier alpha value is -2.20. The van der Waals surface area contributed by atoms with Gasteiger partial charge >= 0.3 is 0 Å². The second-order valence-electron chi connectivity index (χ2n) is 5.70. The first-order chi connectivity index (χ1) is 10.6. The molecule has 2 aromatic carbocycles. The maximum absolute atomic E-state index is 12.6. The minimum Gasteiger partial charge on any atom is -0.396 e. The van der Waals surface area contributed by atoms with E-state index in [-0.39, 0.29) is 18.4 Å². The van der Waals surface area contributed by atoms with E-state index in [0.717, 1.165) is 29.2 Å². The van der Waals surface area contributed by atoms with E-state index in [1.165, 1.54) is 4.90 Å². The zero-order valence-corrected chi connectivity index (χ0v) is 12.6. The van der Waals surface area contributed by atoms with Crippen molar-refractivity contribution in [3.8, 4) is 0 Å². The number of nitrogens with zero attached hydrogens (tertiary/aromatic N) is 1. The molecule has 0 atom stereocenters. The number of amides is 2. The average molecular weight is 297 g/mol. The first-order valence-corrected chi connectivity index (χ1v) is 7.64. The summed E-state index contributed by atoms with van der Waals surface area (Å²) in [6.07, 6.45) is 2.22. The third kappa shape index (κ3) is 2.29. The molecule has 0 fully saturated rings. The quantitative estimate of drug-likeness (QED) is 0.682. The summed E-state index contributed by atoms with van der Waals surface area (Å²) in [5, 5.41) is 10.6. The van der Waals surface area contributed by atoms with Gasteiger partial charge in [0.05, 0.1) is 0 Å². The molecule has 0 saturated carbocycles. The number of hydrogen-bond acceptors (Lipinski definition) is 3. The Bertz CT molecular complexity index is 729. The van der Waals surface area contributed by atoms with Crippen LogP contribution in [-0.2, 0) is 0 Å². The number of benzene rings is 2. The Morgan fingerprint density at radius 1 is 0.955 bits per heavy atom. The Balaban J connectivity index is 2.00. The minimum atomic E-state index is -0.210. The molecule has 3 rings (SSSR count). The van der Waals surface area contributed by atoms with Crippen LogP contribution in [0.25, 0.3) is 10.8 Å². The normalized spacial score (nSPS) is 14.0. The standard InChI is InChI=1S/C18H19NO3/c1-12-8-9-15-16-13(12)6-5-7-14(16)17(21)19(18(15)22)10-3-2-4-11-20/h5-9,20H,2-4,10-11H2,1H3. The highest BCUT2D eigenvalue weighted by molar-refractivity contribution is 6.25. The lowest BCUT2D eigenvalue weighted by Crippen LogP contribution is -2.40. The topological polar surface area (TPSA) is 57.6 Å². The van der Waals surface area contributed by atoms with Gasteiger partial charge in [-0.2, -0.15) is 0 Å². The van der Waals surface area contributed by atoms with Crippen molar-refractivity contribution in [1.82, 2.24) is 4.90 Å². The first-order valence-electron chi connectivity index (χ1n) is 7.64. The molecule has 1 aliphatic rings. The fraction of sp³-hybridized carbons (Fsp3) is 0.333. The number of hydrogen-bond donors (Lipinski definition) is 1. The number of carbonyl (C=O) groups is 2. The molecular formula is C18H19NO3. The lowest BCUT2D eigenvalue weighted by Gasteiger charge is -2.27. The summed E-state index contributed by atoms with van der Waals surface area (Å²) in [6.45, 7) is 2.53. The van der Waals surface area contributed by atoms with Gasteiger partial charge < -0.3 is 5.11 Å². The van der Waals surface area contributed by atoms with Crippen molar-refractivity contribution in [3.63, 3.8) is 0 Å². The molecule has 0 spiro atoms. The van der Waals surface area contributed by atoms with Crippen LogP contribution >= 0.6 is 0 Å². The number of aliphatic hydroxyl groups excluding tert-OH is 1. The van der Waals surface area contributed by atoms with Crippen LogP contribution in [0.4, 0.5) is 0 Å². The van der Waals surface area contributed by atoms with Gasteiger partial charge in [0, 0.05) is 29.7 Å². The van der Waals surface area contributed by atoms with Crippen LogP contribution in [-0.4, -0.2) is 35.0 Å². The van der Waals surface area contributed by atoms with Gasteiger partial charge in [-0.25, -0.2) is 0 Å². The van der Waals surface area contributed by atoms with Crippen LogP contribution in [0.15, 0.2) is 30.3 Å².